The van der Waals surface area contributed by atoms with E-state index in [1.54, 1.807) is 0 Å². The summed E-state index contributed by atoms with van der Waals surface area (Å²) >= 11 is 0. The van der Waals surface area contributed by atoms with Gasteiger partial charge < -0.3 is 55.3 Å². The van der Waals surface area contributed by atoms with E-state index in [-0.39, 0.29) is 0 Å². The van der Waals surface area contributed by atoms with Crippen LogP contribution in [0.1, 0.15) is 96.8 Å². The first kappa shape index (κ1) is 34.8. The van der Waals surface area contributed by atoms with E-state index < -0.39 is 74.6 Å². The number of nitrogens with one attached hydrogen (secondary N) is 1. The molecule has 0 aromatic rings. The lowest BCUT2D eigenvalue weighted by Gasteiger charge is -2.46. The molecule has 2 saturated heterocycles. The van der Waals surface area contributed by atoms with Crippen molar-refractivity contribution in [2.45, 2.75) is 158 Å². The van der Waals surface area contributed by atoms with Crippen LogP contribution in [0.3, 0.4) is 0 Å². The SMILES string of the molecule is CCCCCCCCCCCCCCCCN[C@@H]1[C@@H](O)[C@H](O[C@H]2O[C@H](CO)[C@H](O)[C@H](O)[C@H]2O)[C@@H](CO)O[C@H]1O. The maximum absolute atomic E-state index is 10.9. The van der Waals surface area contributed by atoms with Crippen LogP contribution in [0.5, 0.6) is 0 Å². The van der Waals surface area contributed by atoms with Crippen LogP contribution in [0.25, 0.3) is 0 Å². The lowest BCUT2D eigenvalue weighted by molar-refractivity contribution is -0.345. The summed E-state index contributed by atoms with van der Waals surface area (Å²) in [5.74, 6) is 0. The maximum atomic E-state index is 10.9. The van der Waals surface area contributed by atoms with Gasteiger partial charge in [-0.1, -0.05) is 90.4 Å². The first-order valence-electron chi connectivity index (χ1n) is 15.2. The molecular formula is C28H55NO10. The number of hydrogen-bond acceptors (Lipinski definition) is 11. The van der Waals surface area contributed by atoms with E-state index in [2.05, 4.69) is 12.2 Å². The van der Waals surface area contributed by atoms with Crippen molar-refractivity contribution in [3.05, 3.63) is 0 Å². The third kappa shape index (κ3) is 11.4. The van der Waals surface area contributed by atoms with E-state index in [1.165, 1.54) is 70.6 Å². The molecule has 0 bridgehead atoms. The lowest BCUT2D eigenvalue weighted by atomic mass is 9.95. The van der Waals surface area contributed by atoms with Gasteiger partial charge in [0.15, 0.2) is 12.6 Å². The van der Waals surface area contributed by atoms with Crippen LogP contribution in [0.2, 0.25) is 0 Å². The van der Waals surface area contributed by atoms with E-state index in [9.17, 15) is 35.7 Å². The Balaban J connectivity index is 1.66. The molecule has 0 aromatic carbocycles. The summed E-state index contributed by atoms with van der Waals surface area (Å²) in [6, 6.07) is -0.912. The minimum Gasteiger partial charge on any atom is -0.394 e. The van der Waals surface area contributed by atoms with E-state index >= 15 is 0 Å². The minimum absolute atomic E-state index is 0.538. The zero-order valence-corrected chi connectivity index (χ0v) is 23.6. The molecule has 39 heavy (non-hydrogen) atoms. The molecule has 2 heterocycles. The third-order valence-electron chi connectivity index (χ3n) is 7.92. The normalized spacial score (nSPS) is 35.4. The highest BCUT2D eigenvalue weighted by atomic mass is 16.7. The molecule has 0 aliphatic carbocycles. The van der Waals surface area contributed by atoms with Crippen molar-refractivity contribution < 1.29 is 50.0 Å². The standard InChI is InChI=1S/C28H55NO10/c1-2-3-4-5-6-7-8-9-10-11-12-13-14-15-16-29-21-23(33)26(20(18-31)37-27(21)36)39-28-25(35)24(34)22(32)19(17-30)38-28/h19-36H,2-18H2,1H3/t19-,20-,21-,22+,23-,24+,25-,26-,27-,28-/m1/s1. The van der Waals surface area contributed by atoms with Crippen LogP contribution >= 0.6 is 0 Å². The van der Waals surface area contributed by atoms with Gasteiger partial charge in [0.25, 0.3) is 0 Å². The molecule has 2 rings (SSSR count). The number of hydrogen-bond donors (Lipinski definition) is 8. The Morgan fingerprint density at radius 3 is 1.62 bits per heavy atom. The fourth-order valence-corrected chi connectivity index (χ4v) is 5.39. The number of ether oxygens (including phenoxy) is 3. The molecule has 0 saturated carbocycles. The predicted octanol–water partition coefficient (Wildman–Crippen LogP) is 0.681. The smallest absolute Gasteiger partial charge is 0.187 e. The summed E-state index contributed by atoms with van der Waals surface area (Å²) < 4.78 is 16.5. The molecule has 11 nitrogen and oxygen atoms in total. The average molecular weight is 566 g/mol. The molecular weight excluding hydrogens is 510 g/mol. The van der Waals surface area contributed by atoms with Gasteiger partial charge in [-0.05, 0) is 13.0 Å². The van der Waals surface area contributed by atoms with Gasteiger partial charge >= 0.3 is 0 Å². The number of rotatable bonds is 20. The Hall–Kier alpha value is -0.440. The zero-order chi connectivity index (χ0) is 28.6. The summed E-state index contributed by atoms with van der Waals surface area (Å²) in [5, 5.41) is 73.8. The van der Waals surface area contributed by atoms with Crippen molar-refractivity contribution in [2.75, 3.05) is 19.8 Å². The Morgan fingerprint density at radius 2 is 1.10 bits per heavy atom. The van der Waals surface area contributed by atoms with Crippen LogP contribution in [0.15, 0.2) is 0 Å². The summed E-state index contributed by atoms with van der Waals surface area (Å²) in [6.07, 6.45) is 4.90. The van der Waals surface area contributed by atoms with Crippen molar-refractivity contribution in [2.24, 2.45) is 0 Å². The topological polar surface area (TPSA) is 181 Å². The maximum Gasteiger partial charge on any atom is 0.187 e. The quantitative estimate of drug-likeness (QED) is 0.0972. The van der Waals surface area contributed by atoms with Gasteiger partial charge in [-0.3, -0.25) is 0 Å². The fraction of sp³-hybridized carbons (Fsp3) is 1.00. The van der Waals surface area contributed by atoms with E-state index in [4.69, 9.17) is 14.2 Å². The molecule has 10 atom stereocenters. The van der Waals surface area contributed by atoms with Crippen molar-refractivity contribution in [3.63, 3.8) is 0 Å². The molecule has 2 aliphatic heterocycles. The number of aliphatic hydroxyl groups is 7. The van der Waals surface area contributed by atoms with E-state index in [1.807, 2.05) is 0 Å². The molecule has 0 radical (unpaired) electrons. The summed E-state index contributed by atoms with van der Waals surface area (Å²) in [6.45, 7) is 1.58. The zero-order valence-electron chi connectivity index (χ0n) is 23.6. The molecule has 232 valence electrons. The minimum atomic E-state index is -1.66. The van der Waals surface area contributed by atoms with Crippen molar-refractivity contribution in [1.82, 2.24) is 5.32 Å². The second-order valence-electron chi connectivity index (χ2n) is 11.1. The van der Waals surface area contributed by atoms with E-state index in [0.29, 0.717) is 6.54 Å². The highest BCUT2D eigenvalue weighted by Gasteiger charge is 2.50. The molecule has 2 aliphatic rings. The highest BCUT2D eigenvalue weighted by Crippen LogP contribution is 2.28. The average Bonchev–Trinajstić information content (AvgIpc) is 2.93. The molecule has 8 N–H and O–H groups in total. The Bertz CT molecular complexity index is 615. The molecule has 0 amide bonds. The number of unbranched alkanes of at least 4 members (excludes halogenated alkanes) is 13. The van der Waals surface area contributed by atoms with Gasteiger partial charge in [0.05, 0.1) is 19.3 Å². The Morgan fingerprint density at radius 1 is 0.590 bits per heavy atom. The lowest BCUT2D eigenvalue weighted by Crippen LogP contribution is -2.66. The molecule has 2 fully saturated rings. The second-order valence-corrected chi connectivity index (χ2v) is 11.1. The van der Waals surface area contributed by atoms with Gasteiger partial charge in [-0.15, -0.1) is 0 Å². The first-order valence-corrected chi connectivity index (χ1v) is 15.2. The van der Waals surface area contributed by atoms with Crippen molar-refractivity contribution >= 4 is 0 Å². The highest BCUT2D eigenvalue weighted by molar-refractivity contribution is 4.96. The molecule has 0 unspecified atom stereocenters. The Kier molecular flexibility index (Phi) is 17.5. The molecule has 11 heteroatoms. The van der Waals surface area contributed by atoms with Crippen LogP contribution in [-0.4, -0.2) is 117 Å². The third-order valence-corrected chi connectivity index (χ3v) is 7.92. The van der Waals surface area contributed by atoms with Crippen LogP contribution < -0.4 is 5.32 Å². The van der Waals surface area contributed by atoms with Gasteiger partial charge in [0, 0.05) is 0 Å². The fourth-order valence-electron chi connectivity index (χ4n) is 5.39. The second kappa shape index (κ2) is 19.6. The van der Waals surface area contributed by atoms with Crippen LogP contribution in [0, 0.1) is 0 Å². The molecule has 0 aromatic heterocycles. The van der Waals surface area contributed by atoms with Gasteiger partial charge in [0.2, 0.25) is 0 Å². The summed E-state index contributed by atoms with van der Waals surface area (Å²) in [5.41, 5.74) is 0. The monoisotopic (exact) mass is 565 g/mol. The van der Waals surface area contributed by atoms with Crippen LogP contribution in [-0.2, 0) is 14.2 Å². The van der Waals surface area contributed by atoms with Gasteiger partial charge in [0.1, 0.15) is 42.7 Å². The van der Waals surface area contributed by atoms with Crippen LogP contribution in [0.4, 0.5) is 0 Å². The molecule has 0 spiro atoms. The van der Waals surface area contributed by atoms with Crippen molar-refractivity contribution in [1.29, 1.82) is 0 Å². The largest absolute Gasteiger partial charge is 0.394 e. The summed E-state index contributed by atoms with van der Waals surface area (Å²) in [4.78, 5) is 0. The Labute approximate surface area is 233 Å². The van der Waals surface area contributed by atoms with Gasteiger partial charge in [-0.25, -0.2) is 0 Å². The van der Waals surface area contributed by atoms with E-state index in [0.717, 1.165) is 19.3 Å². The number of aliphatic hydroxyl groups excluding tert-OH is 7. The predicted molar refractivity (Wildman–Crippen MR) is 145 cm³/mol. The van der Waals surface area contributed by atoms with Crippen molar-refractivity contribution in [3.8, 4) is 0 Å². The summed E-state index contributed by atoms with van der Waals surface area (Å²) in [7, 11) is 0. The van der Waals surface area contributed by atoms with Gasteiger partial charge in [-0.2, -0.15) is 0 Å². The first-order chi connectivity index (χ1) is 18.8.